The van der Waals surface area contributed by atoms with Crippen LogP contribution in [-0.4, -0.2) is 58.0 Å². The average molecular weight is 602 g/mol. The van der Waals surface area contributed by atoms with Crippen molar-refractivity contribution < 1.29 is 27.5 Å². The van der Waals surface area contributed by atoms with Crippen LogP contribution in [0.2, 0.25) is 5.02 Å². The molecule has 0 radical (unpaired) electrons. The minimum absolute atomic E-state index is 0.0999. The molecule has 41 heavy (non-hydrogen) atoms. The van der Waals surface area contributed by atoms with Crippen LogP contribution in [0.1, 0.15) is 32.8 Å². The van der Waals surface area contributed by atoms with Crippen LogP contribution in [0.5, 0.6) is 11.5 Å². The van der Waals surface area contributed by atoms with Crippen LogP contribution in [0.4, 0.5) is 5.69 Å². The van der Waals surface area contributed by atoms with Crippen LogP contribution in [-0.2, 0) is 26.2 Å². The molecular weight excluding hydrogens is 566 g/mol. The van der Waals surface area contributed by atoms with Crippen LogP contribution < -0.4 is 19.1 Å². The fourth-order valence-electron chi connectivity index (χ4n) is 4.32. The van der Waals surface area contributed by atoms with Crippen LogP contribution in [0.25, 0.3) is 0 Å². The first kappa shape index (κ1) is 31.8. The average Bonchev–Trinajstić information content (AvgIpc) is 2.95. The molecule has 1 N–H and O–H groups in total. The van der Waals surface area contributed by atoms with Crippen molar-refractivity contribution in [1.82, 2.24) is 10.2 Å². The van der Waals surface area contributed by atoms with E-state index in [2.05, 4.69) is 5.32 Å². The highest BCUT2D eigenvalue weighted by atomic mass is 35.5. The minimum Gasteiger partial charge on any atom is -0.493 e. The van der Waals surface area contributed by atoms with Gasteiger partial charge < -0.3 is 19.7 Å². The van der Waals surface area contributed by atoms with E-state index in [1.54, 1.807) is 12.1 Å². The van der Waals surface area contributed by atoms with Gasteiger partial charge in [0.25, 0.3) is 10.0 Å². The first-order valence-electron chi connectivity index (χ1n) is 13.2. The SMILES string of the molecule is CC[C@H](C(=O)NC(C)C)N(Cc1ccccc1)C(=O)CN(c1ccc(Cl)cc1)S(=O)(=O)c1ccc(OC)c(OC)c1. The molecule has 3 rings (SSSR count). The highest BCUT2D eigenvalue weighted by Crippen LogP contribution is 2.32. The molecule has 0 aromatic heterocycles. The summed E-state index contributed by atoms with van der Waals surface area (Å²) in [5.74, 6) is -0.277. The van der Waals surface area contributed by atoms with Gasteiger partial charge >= 0.3 is 0 Å². The second-order valence-electron chi connectivity index (χ2n) is 9.60. The molecule has 0 bridgehead atoms. The summed E-state index contributed by atoms with van der Waals surface area (Å²) in [6.07, 6.45) is 0.334. The van der Waals surface area contributed by atoms with E-state index in [9.17, 15) is 18.0 Å². The van der Waals surface area contributed by atoms with Crippen LogP contribution in [0, 0.1) is 0 Å². The molecule has 3 aromatic rings. The van der Waals surface area contributed by atoms with Crippen molar-refractivity contribution >= 4 is 39.1 Å². The third-order valence-electron chi connectivity index (χ3n) is 6.35. The summed E-state index contributed by atoms with van der Waals surface area (Å²) in [6, 6.07) is 18.6. The summed E-state index contributed by atoms with van der Waals surface area (Å²) in [5.41, 5.74) is 1.04. The number of rotatable bonds is 13. The summed E-state index contributed by atoms with van der Waals surface area (Å²) in [7, 11) is -1.43. The fraction of sp³-hybridized carbons (Fsp3) is 0.333. The molecule has 9 nitrogen and oxygen atoms in total. The molecule has 0 aliphatic carbocycles. The molecule has 0 heterocycles. The molecule has 0 unspecified atom stereocenters. The minimum atomic E-state index is -4.29. The molecule has 2 amide bonds. The van der Waals surface area contributed by atoms with E-state index in [-0.39, 0.29) is 34.8 Å². The van der Waals surface area contributed by atoms with Crippen molar-refractivity contribution in [2.24, 2.45) is 0 Å². The number of nitrogens with one attached hydrogen (secondary N) is 1. The summed E-state index contributed by atoms with van der Waals surface area (Å²) < 4.78 is 39.7. The maximum atomic E-state index is 14.1. The van der Waals surface area contributed by atoms with Gasteiger partial charge in [-0.1, -0.05) is 48.9 Å². The predicted octanol–water partition coefficient (Wildman–Crippen LogP) is 4.88. The number of nitrogens with zero attached hydrogens (tertiary/aromatic N) is 2. The van der Waals surface area contributed by atoms with Gasteiger partial charge in [0.1, 0.15) is 12.6 Å². The lowest BCUT2D eigenvalue weighted by Crippen LogP contribution is -2.53. The lowest BCUT2D eigenvalue weighted by atomic mass is 10.1. The van der Waals surface area contributed by atoms with Crippen molar-refractivity contribution in [3.63, 3.8) is 0 Å². The first-order chi connectivity index (χ1) is 19.5. The standard InChI is InChI=1S/C30H36ClN3O6S/c1-6-26(30(36)32-21(2)3)33(19-22-10-8-7-9-11-22)29(35)20-34(24-14-12-23(31)13-15-24)41(37,38)25-16-17-27(39-4)28(18-25)40-5/h7-18,21,26H,6,19-20H2,1-5H3,(H,32,36)/t26-/m1/s1. The van der Waals surface area contributed by atoms with Gasteiger partial charge in [0.15, 0.2) is 11.5 Å². The Labute approximate surface area is 247 Å². The van der Waals surface area contributed by atoms with Gasteiger partial charge in [-0.05, 0) is 62.2 Å². The molecule has 1 atom stereocenters. The van der Waals surface area contributed by atoms with Gasteiger partial charge in [0.05, 0.1) is 24.8 Å². The van der Waals surface area contributed by atoms with Crippen molar-refractivity contribution in [3.8, 4) is 11.5 Å². The molecule has 0 saturated heterocycles. The highest BCUT2D eigenvalue weighted by molar-refractivity contribution is 7.92. The van der Waals surface area contributed by atoms with Gasteiger partial charge in [-0.25, -0.2) is 8.42 Å². The van der Waals surface area contributed by atoms with Crippen molar-refractivity contribution in [2.45, 2.75) is 50.7 Å². The van der Waals surface area contributed by atoms with Gasteiger partial charge in [-0.2, -0.15) is 0 Å². The number of ether oxygens (including phenoxy) is 2. The second kappa shape index (κ2) is 14.2. The molecule has 3 aromatic carbocycles. The second-order valence-corrected chi connectivity index (χ2v) is 11.9. The van der Waals surface area contributed by atoms with E-state index in [0.29, 0.717) is 17.2 Å². The summed E-state index contributed by atoms with van der Waals surface area (Å²) >= 11 is 6.09. The third-order valence-corrected chi connectivity index (χ3v) is 8.37. The highest BCUT2D eigenvalue weighted by Gasteiger charge is 2.34. The number of halogens is 1. The maximum Gasteiger partial charge on any atom is 0.264 e. The molecule has 0 saturated carbocycles. The monoisotopic (exact) mass is 601 g/mol. The zero-order valence-corrected chi connectivity index (χ0v) is 25.4. The van der Waals surface area contributed by atoms with Gasteiger partial charge in [0, 0.05) is 23.7 Å². The van der Waals surface area contributed by atoms with E-state index < -0.39 is 28.5 Å². The molecule has 11 heteroatoms. The predicted molar refractivity (Wildman–Crippen MR) is 160 cm³/mol. The number of carbonyl (C=O) groups is 2. The molecule has 0 aliphatic heterocycles. The van der Waals surface area contributed by atoms with E-state index in [0.717, 1.165) is 9.87 Å². The number of methoxy groups -OCH3 is 2. The number of hydrogen-bond donors (Lipinski definition) is 1. The van der Waals surface area contributed by atoms with Crippen molar-refractivity contribution in [1.29, 1.82) is 0 Å². The number of amides is 2. The van der Waals surface area contributed by atoms with Crippen molar-refractivity contribution in [3.05, 3.63) is 83.4 Å². The normalized spacial score (nSPS) is 12.0. The number of benzene rings is 3. The summed E-state index contributed by atoms with van der Waals surface area (Å²) in [6.45, 7) is 5.05. The quantitative estimate of drug-likeness (QED) is 0.299. The number of sulfonamides is 1. The number of carbonyl (C=O) groups excluding carboxylic acids is 2. The molecule has 220 valence electrons. The first-order valence-corrected chi connectivity index (χ1v) is 15.0. The Morgan fingerprint density at radius 2 is 1.56 bits per heavy atom. The van der Waals surface area contributed by atoms with Gasteiger partial charge in [-0.3, -0.25) is 13.9 Å². The Morgan fingerprint density at radius 3 is 2.12 bits per heavy atom. The third kappa shape index (κ3) is 7.92. The smallest absolute Gasteiger partial charge is 0.264 e. The molecular formula is C30H36ClN3O6S. The Hall–Kier alpha value is -3.76. The maximum absolute atomic E-state index is 14.1. The Balaban J connectivity index is 2.08. The van der Waals surface area contributed by atoms with Crippen LogP contribution in [0.15, 0.2) is 77.7 Å². The van der Waals surface area contributed by atoms with Gasteiger partial charge in [0.2, 0.25) is 11.8 Å². The van der Waals surface area contributed by atoms with Crippen molar-refractivity contribution in [2.75, 3.05) is 25.1 Å². The zero-order chi connectivity index (χ0) is 30.2. The molecule has 0 fully saturated rings. The van der Waals surface area contributed by atoms with Gasteiger partial charge in [-0.15, -0.1) is 0 Å². The Kier molecular flexibility index (Phi) is 11.0. The molecule has 0 spiro atoms. The van der Waals surface area contributed by atoms with E-state index in [1.165, 1.54) is 49.5 Å². The summed E-state index contributed by atoms with van der Waals surface area (Å²) in [5, 5.41) is 3.29. The van der Waals surface area contributed by atoms with Crippen LogP contribution in [0.3, 0.4) is 0 Å². The number of anilines is 1. The lowest BCUT2D eigenvalue weighted by Gasteiger charge is -2.33. The largest absolute Gasteiger partial charge is 0.493 e. The Bertz CT molecular complexity index is 1430. The Morgan fingerprint density at radius 1 is 0.927 bits per heavy atom. The molecule has 0 aliphatic rings. The fourth-order valence-corrected chi connectivity index (χ4v) is 5.88. The summed E-state index contributed by atoms with van der Waals surface area (Å²) in [4.78, 5) is 28.6. The van der Waals surface area contributed by atoms with E-state index >= 15 is 0 Å². The lowest BCUT2D eigenvalue weighted by molar-refractivity contribution is -0.140. The number of hydrogen-bond acceptors (Lipinski definition) is 6. The van der Waals surface area contributed by atoms with E-state index in [4.69, 9.17) is 21.1 Å². The zero-order valence-electron chi connectivity index (χ0n) is 23.8. The van der Waals surface area contributed by atoms with Crippen LogP contribution >= 0.6 is 11.6 Å². The van der Waals surface area contributed by atoms with E-state index in [1.807, 2.05) is 51.1 Å². The topological polar surface area (TPSA) is 105 Å².